The molecule has 5 fully saturated rings. The smallest absolute Gasteiger partial charge is 0.303 e. The van der Waals surface area contributed by atoms with Gasteiger partial charge in [0.2, 0.25) is 0 Å². The number of carboxylic acids is 1. The lowest BCUT2D eigenvalue weighted by molar-refractivity contribution is -0.240. The highest BCUT2D eigenvalue weighted by atomic mass is 16.4. The van der Waals surface area contributed by atoms with E-state index in [-0.39, 0.29) is 33.0 Å². The third kappa shape index (κ3) is 3.21. The van der Waals surface area contributed by atoms with Gasteiger partial charge in [0.25, 0.3) is 0 Å². The summed E-state index contributed by atoms with van der Waals surface area (Å²) in [5, 5.41) is 9.60. The van der Waals surface area contributed by atoms with Gasteiger partial charge in [0, 0.05) is 11.8 Å². The van der Waals surface area contributed by atoms with Crippen LogP contribution in [0.3, 0.4) is 0 Å². The number of hydrogen-bond acceptors (Lipinski definition) is 2. The van der Waals surface area contributed by atoms with Crippen molar-refractivity contribution in [3.8, 4) is 0 Å². The maximum atomic E-state index is 12.6. The van der Waals surface area contributed by atoms with E-state index in [1.54, 1.807) is 0 Å². The van der Waals surface area contributed by atoms with Crippen LogP contribution in [0.2, 0.25) is 0 Å². The molecule has 5 rings (SSSR count). The van der Waals surface area contributed by atoms with Crippen LogP contribution in [0.1, 0.15) is 112 Å². The largest absolute Gasteiger partial charge is 0.481 e. The zero-order valence-electron chi connectivity index (χ0n) is 23.3. The van der Waals surface area contributed by atoms with Gasteiger partial charge < -0.3 is 9.90 Å². The van der Waals surface area contributed by atoms with Gasteiger partial charge in [-0.25, -0.2) is 0 Å². The lowest BCUT2D eigenvalue weighted by atomic mass is 9.32. The minimum atomic E-state index is -0.634. The van der Waals surface area contributed by atoms with E-state index in [0.717, 1.165) is 25.7 Å². The van der Waals surface area contributed by atoms with Gasteiger partial charge in [-0.05, 0) is 128 Å². The molecule has 5 aliphatic rings. The van der Waals surface area contributed by atoms with Crippen LogP contribution in [0.15, 0.2) is 12.2 Å². The van der Waals surface area contributed by atoms with Crippen molar-refractivity contribution in [3.63, 3.8) is 0 Å². The number of hydrogen-bond donors (Lipinski definition) is 1. The summed E-state index contributed by atoms with van der Waals surface area (Å²) in [4.78, 5) is 24.3. The van der Waals surface area contributed by atoms with E-state index in [1.165, 1.54) is 50.4 Å². The monoisotopic (exact) mass is 482 g/mol. The first kappa shape index (κ1) is 25.5. The molecule has 5 saturated carbocycles. The van der Waals surface area contributed by atoms with Gasteiger partial charge in [-0.15, -0.1) is 0 Å². The zero-order chi connectivity index (χ0) is 25.6. The van der Waals surface area contributed by atoms with Crippen molar-refractivity contribution < 1.29 is 14.7 Å². The maximum Gasteiger partial charge on any atom is 0.303 e. The Morgan fingerprint density at radius 2 is 1.60 bits per heavy atom. The molecule has 0 aromatic heterocycles. The molecule has 1 N–H and O–H groups in total. The van der Waals surface area contributed by atoms with Crippen LogP contribution in [0.4, 0.5) is 0 Å². The molecule has 0 aliphatic heterocycles. The van der Waals surface area contributed by atoms with Crippen LogP contribution in [-0.4, -0.2) is 17.4 Å². The summed E-state index contributed by atoms with van der Waals surface area (Å²) in [5.74, 6) is 2.52. The molecule has 10 unspecified atom stereocenters. The molecular weight excluding hydrogens is 432 g/mol. The third-order valence-electron chi connectivity index (χ3n) is 14.0. The average Bonchev–Trinajstić information content (AvgIpc) is 3.16. The Hall–Kier alpha value is -1.12. The van der Waals surface area contributed by atoms with E-state index < -0.39 is 5.97 Å². The minimum absolute atomic E-state index is 0.0697. The van der Waals surface area contributed by atoms with E-state index in [1.807, 2.05) is 0 Å². The molecule has 3 heteroatoms. The first-order valence-electron chi connectivity index (χ1n) is 14.6. The molecule has 0 spiro atoms. The van der Waals surface area contributed by atoms with Crippen molar-refractivity contribution in [2.24, 2.45) is 62.6 Å². The molecule has 0 aromatic rings. The third-order valence-corrected chi connectivity index (χ3v) is 14.0. The van der Waals surface area contributed by atoms with Crippen LogP contribution in [-0.2, 0) is 9.59 Å². The Kier molecular flexibility index (Phi) is 5.79. The van der Waals surface area contributed by atoms with Crippen molar-refractivity contribution in [1.29, 1.82) is 0 Å². The van der Waals surface area contributed by atoms with Crippen LogP contribution < -0.4 is 0 Å². The topological polar surface area (TPSA) is 54.4 Å². The predicted octanol–water partition coefficient (Wildman–Crippen LogP) is 7.93. The first-order chi connectivity index (χ1) is 16.3. The van der Waals surface area contributed by atoms with Gasteiger partial charge in [-0.1, -0.05) is 46.8 Å². The lowest BCUT2D eigenvalue weighted by Gasteiger charge is -2.73. The number of aliphatic carboxylic acids is 1. The molecule has 0 aromatic carbocycles. The highest BCUT2D eigenvalue weighted by Gasteiger charge is 2.70. The van der Waals surface area contributed by atoms with Crippen LogP contribution in [0, 0.1) is 62.6 Å². The summed E-state index contributed by atoms with van der Waals surface area (Å²) in [7, 11) is 0. The van der Waals surface area contributed by atoms with Gasteiger partial charge in [0.15, 0.2) is 0 Å². The number of carbonyl (C=O) groups excluding carboxylic acids is 1. The lowest BCUT2D eigenvalue weighted by Crippen LogP contribution is -2.66. The molecule has 0 radical (unpaired) electrons. The molecule has 0 amide bonds. The normalized spacial score (nSPS) is 52.4. The fourth-order valence-corrected chi connectivity index (χ4v) is 12.1. The quantitative estimate of drug-likeness (QED) is 0.327. The van der Waals surface area contributed by atoms with E-state index >= 15 is 0 Å². The zero-order valence-corrected chi connectivity index (χ0v) is 23.3. The Bertz CT molecular complexity index is 920. The van der Waals surface area contributed by atoms with Gasteiger partial charge >= 0.3 is 5.97 Å². The molecule has 0 heterocycles. The second kappa shape index (κ2) is 7.94. The first-order valence-corrected chi connectivity index (χ1v) is 14.6. The highest BCUT2D eigenvalue weighted by Crippen LogP contribution is 2.77. The van der Waals surface area contributed by atoms with Crippen molar-refractivity contribution in [2.75, 3.05) is 0 Å². The maximum absolute atomic E-state index is 12.6. The van der Waals surface area contributed by atoms with E-state index in [2.05, 4.69) is 48.1 Å². The summed E-state index contributed by atoms with van der Waals surface area (Å²) in [6, 6.07) is 0. The Labute approximate surface area is 213 Å². The number of allylic oxidation sites excluding steroid dienone is 1. The van der Waals surface area contributed by atoms with Crippen LogP contribution in [0.5, 0.6) is 0 Å². The number of fused-ring (bicyclic) bond motifs is 7. The fraction of sp³-hybridized carbons (Fsp3) is 0.875. The summed E-state index contributed by atoms with van der Waals surface area (Å²) < 4.78 is 0. The number of carboxylic acid groups (broad SMARTS) is 1. The Morgan fingerprint density at radius 1 is 0.886 bits per heavy atom. The molecule has 3 nitrogen and oxygen atoms in total. The molecule has 5 aliphatic carbocycles. The summed E-state index contributed by atoms with van der Waals surface area (Å²) >= 11 is 0. The van der Waals surface area contributed by atoms with Gasteiger partial charge in [-0.2, -0.15) is 0 Å². The van der Waals surface area contributed by atoms with E-state index in [4.69, 9.17) is 0 Å². The highest BCUT2D eigenvalue weighted by molar-refractivity contribution is 5.67. The van der Waals surface area contributed by atoms with Crippen LogP contribution >= 0.6 is 0 Å². The van der Waals surface area contributed by atoms with Crippen LogP contribution in [0.25, 0.3) is 0 Å². The molecule has 35 heavy (non-hydrogen) atoms. The van der Waals surface area contributed by atoms with Gasteiger partial charge in [0.1, 0.15) is 6.29 Å². The predicted molar refractivity (Wildman–Crippen MR) is 141 cm³/mol. The number of aldehydes is 1. The second-order valence-electron chi connectivity index (χ2n) is 15.2. The molecule has 10 atom stereocenters. The number of rotatable bonds is 4. The Balaban J connectivity index is 1.51. The summed E-state index contributed by atoms with van der Waals surface area (Å²) in [6.45, 7) is 19.2. The molecular formula is C32H50O3. The molecule has 0 bridgehead atoms. The molecule has 196 valence electrons. The summed E-state index contributed by atoms with van der Waals surface area (Å²) in [6.07, 6.45) is 13.4. The standard InChI is InChI=1S/C32H50O3/c1-20(2)22-11-15-32(19-33)17-16-30(6)23(27(22)32)8-9-25-29(5)13-10-21(18-26(34)35)28(3,4)24(29)12-14-31(25,30)7/h19,21-25,27H,1,8-18H2,2-7H3,(H,34,35). The van der Waals surface area contributed by atoms with Gasteiger partial charge in [0.05, 0.1) is 0 Å². The van der Waals surface area contributed by atoms with Crippen molar-refractivity contribution >= 4 is 12.3 Å². The van der Waals surface area contributed by atoms with Crippen molar-refractivity contribution in [2.45, 2.75) is 112 Å². The van der Waals surface area contributed by atoms with E-state index in [0.29, 0.717) is 36.0 Å². The summed E-state index contributed by atoms with van der Waals surface area (Å²) in [5.41, 5.74) is 2.08. The minimum Gasteiger partial charge on any atom is -0.481 e. The second-order valence-corrected chi connectivity index (χ2v) is 15.2. The van der Waals surface area contributed by atoms with Gasteiger partial charge in [-0.3, -0.25) is 4.79 Å². The number of carbonyl (C=O) groups is 2. The average molecular weight is 483 g/mol. The molecule has 0 saturated heterocycles. The fourth-order valence-electron chi connectivity index (χ4n) is 12.1. The van der Waals surface area contributed by atoms with Crippen molar-refractivity contribution in [1.82, 2.24) is 0 Å². The Morgan fingerprint density at radius 3 is 2.23 bits per heavy atom. The van der Waals surface area contributed by atoms with E-state index in [9.17, 15) is 14.7 Å². The SMILES string of the molecule is C=C(C)C1CCC2(C=O)CCC3(C)C(CCC4C5(C)CCC(CC(=O)O)C(C)(C)C5CCC43C)C12. The van der Waals surface area contributed by atoms with Crippen molar-refractivity contribution in [3.05, 3.63) is 12.2 Å².